The van der Waals surface area contributed by atoms with Gasteiger partial charge in [0, 0.05) is 0 Å². The molecule has 256 valence electrons. The smallest absolute Gasteiger partial charge is 0.0347 e. The third-order valence-corrected chi connectivity index (χ3v) is 8.48. The number of benzene rings is 6. The Morgan fingerprint density at radius 2 is 0.577 bits per heavy atom. The molecule has 0 aromatic heterocycles. The van der Waals surface area contributed by atoms with Crippen LogP contribution < -0.4 is 0 Å². The summed E-state index contributed by atoms with van der Waals surface area (Å²) in [7, 11) is 0. The van der Waals surface area contributed by atoms with Crippen molar-refractivity contribution in [1.29, 1.82) is 0 Å². The summed E-state index contributed by atoms with van der Waals surface area (Å²) in [4.78, 5) is 0. The van der Waals surface area contributed by atoms with E-state index < -0.39 is 0 Å². The van der Waals surface area contributed by atoms with E-state index >= 15 is 0 Å². The fourth-order valence-corrected chi connectivity index (χ4v) is 6.33. The van der Waals surface area contributed by atoms with Crippen molar-refractivity contribution >= 4 is 63.7 Å². The zero-order valence-corrected chi connectivity index (χ0v) is 34.6. The van der Waals surface area contributed by atoms with Crippen molar-refractivity contribution in [2.45, 2.75) is 25.9 Å². The number of hydrogen-bond donors (Lipinski definition) is 0. The van der Waals surface area contributed by atoms with Crippen LogP contribution in [0.4, 0.5) is 0 Å². The summed E-state index contributed by atoms with van der Waals surface area (Å²) < 4.78 is 0. The Bertz CT molecular complexity index is 1980. The molecule has 6 aromatic rings. The van der Waals surface area contributed by atoms with Gasteiger partial charge in [0.25, 0.3) is 0 Å². The van der Waals surface area contributed by atoms with Gasteiger partial charge in [0.05, 0.1) is 0 Å². The molecule has 0 heterocycles. The van der Waals surface area contributed by atoms with Gasteiger partial charge in [0.1, 0.15) is 0 Å². The van der Waals surface area contributed by atoms with E-state index in [0.29, 0.717) is 0 Å². The van der Waals surface area contributed by atoms with Gasteiger partial charge >= 0.3 is 41.9 Å². The second-order valence-electron chi connectivity index (χ2n) is 12.4. The van der Waals surface area contributed by atoms with Crippen LogP contribution in [0.25, 0.3) is 33.4 Å². The van der Waals surface area contributed by atoms with Gasteiger partial charge in [-0.15, -0.1) is 71.4 Å². The summed E-state index contributed by atoms with van der Waals surface area (Å²) in [6.07, 6.45) is 8.94. The molecule has 0 atom stereocenters. The van der Waals surface area contributed by atoms with Crippen LogP contribution in [0, 0.1) is 12.2 Å². The Hall–Kier alpha value is -4.04. The van der Waals surface area contributed by atoms with Gasteiger partial charge in [-0.25, -0.2) is 0 Å². The maximum Gasteiger partial charge on any atom is -0.0347 e. The molecule has 0 N–H and O–H groups in total. The Morgan fingerprint density at radius 1 is 0.365 bits per heavy atom. The molecule has 0 bridgehead atoms. The van der Waals surface area contributed by atoms with E-state index in [-0.39, 0.29) is 30.2 Å². The first kappa shape index (κ1) is 40.7. The van der Waals surface area contributed by atoms with Crippen LogP contribution in [-0.4, -0.2) is 5.43 Å². The number of halogens is 2. The molecule has 2 aliphatic carbocycles. The summed E-state index contributed by atoms with van der Waals surface area (Å²) in [5.74, 6) is 0. The molecule has 0 amide bonds. The molecule has 0 nitrogen and oxygen atoms in total. The van der Waals surface area contributed by atoms with Gasteiger partial charge < -0.3 is 0 Å². The van der Waals surface area contributed by atoms with Crippen molar-refractivity contribution in [2.24, 2.45) is 0 Å². The quantitative estimate of drug-likeness (QED) is 0.116. The Kier molecular flexibility index (Phi) is 16.3. The third kappa shape index (κ3) is 10.5. The average Bonchev–Trinajstić information content (AvgIpc) is 3.83. The molecule has 4 heteroatoms. The molecule has 6 aromatic carbocycles. The molecule has 0 saturated heterocycles. The molecule has 0 saturated carbocycles. The molecule has 0 unspecified atom stereocenters. The first-order chi connectivity index (χ1) is 24.6. The first-order valence-corrected chi connectivity index (χ1v) is 23.3. The topological polar surface area (TPSA) is 0 Å². The summed E-state index contributed by atoms with van der Waals surface area (Å²) in [6, 6.07) is 63.7. The first-order valence-electron chi connectivity index (χ1n) is 17.1. The van der Waals surface area contributed by atoms with E-state index in [1.807, 2.05) is 0 Å². The van der Waals surface area contributed by atoms with Crippen molar-refractivity contribution in [3.8, 4) is 0 Å². The van der Waals surface area contributed by atoms with E-state index in [2.05, 4.69) is 207 Å². The second-order valence-corrected chi connectivity index (χ2v) is 21.7. The Balaban J connectivity index is 0.000000204. The predicted molar refractivity (Wildman–Crippen MR) is 227 cm³/mol. The fourth-order valence-electron chi connectivity index (χ4n) is 6.33. The number of hydrogen-bond acceptors (Lipinski definition) is 0. The maximum atomic E-state index is 3.61. The van der Waals surface area contributed by atoms with Crippen molar-refractivity contribution in [3.05, 3.63) is 228 Å². The SMILES string of the molecule is C[Si](C)=[Zr+2].Cl.Cl.[C-]1=C(c2ccccc2)C(c2ccccc2)=C(c2ccccc2)C1.[C-]1=C(c2ccccc2)C(c2ccccc2)=C(c2ccccc2)C1. The average molecular weight is 809 g/mol. The monoisotopic (exact) mass is 806 g/mol. The van der Waals surface area contributed by atoms with E-state index in [1.54, 1.807) is 23.3 Å². The van der Waals surface area contributed by atoms with Gasteiger partial charge in [-0.05, 0) is 11.1 Å². The summed E-state index contributed by atoms with van der Waals surface area (Å²) in [5.41, 5.74) is 15.5. The molecular formula is C48H42Cl2SiZr. The molecule has 8 rings (SSSR count). The Labute approximate surface area is 338 Å². The number of allylic oxidation sites excluding steroid dienone is 8. The molecule has 0 aliphatic heterocycles. The molecule has 0 fully saturated rings. The normalized spacial score (nSPS) is 12.9. The van der Waals surface area contributed by atoms with Crippen LogP contribution >= 0.6 is 24.8 Å². The molecule has 0 spiro atoms. The van der Waals surface area contributed by atoms with Gasteiger partial charge in [-0.3, -0.25) is 0 Å². The third-order valence-electron chi connectivity index (χ3n) is 8.48. The van der Waals surface area contributed by atoms with Crippen LogP contribution in [0.3, 0.4) is 0 Å². The molecule has 0 radical (unpaired) electrons. The predicted octanol–water partition coefficient (Wildman–Crippen LogP) is 13.4. The second kappa shape index (κ2) is 20.9. The van der Waals surface area contributed by atoms with Crippen LogP contribution in [0.5, 0.6) is 0 Å². The van der Waals surface area contributed by atoms with E-state index in [4.69, 9.17) is 0 Å². The minimum atomic E-state index is 0. The van der Waals surface area contributed by atoms with Crippen LogP contribution in [0.1, 0.15) is 46.2 Å². The summed E-state index contributed by atoms with van der Waals surface area (Å²) in [5, 5.41) is 0. The van der Waals surface area contributed by atoms with Crippen molar-refractivity contribution in [1.82, 2.24) is 0 Å². The van der Waals surface area contributed by atoms with Crippen LogP contribution in [0.2, 0.25) is 13.1 Å². The van der Waals surface area contributed by atoms with E-state index in [0.717, 1.165) is 12.8 Å². The largest absolute Gasteiger partial charge is 0.196 e. The fraction of sp³-hybridized carbons (Fsp3) is 0.0833. The van der Waals surface area contributed by atoms with Crippen LogP contribution in [-0.2, 0) is 23.3 Å². The van der Waals surface area contributed by atoms with Crippen molar-refractivity contribution in [3.63, 3.8) is 0 Å². The molecule has 52 heavy (non-hydrogen) atoms. The number of rotatable bonds is 6. The molecule has 2 aliphatic rings. The van der Waals surface area contributed by atoms with Gasteiger partial charge in [0.2, 0.25) is 0 Å². The maximum absolute atomic E-state index is 3.61. The molecular weight excluding hydrogens is 767 g/mol. The standard InChI is InChI=1S/2C23H17.C2H6Si.2ClH.Zr/c2*1-4-10-18(11-5-1)21-16-17-22(19-12-6-2-7-13-19)23(21)20-14-8-3-9-15-20;1-3-2;;;/h2*1-15H,16H2;1-2H3;2*1H;/q2*-1;;;;+2. The minimum Gasteiger partial charge on any atom is -0.196 e. The zero-order chi connectivity index (χ0) is 34.5. The van der Waals surface area contributed by atoms with E-state index in [9.17, 15) is 0 Å². The van der Waals surface area contributed by atoms with Gasteiger partial charge in [0.15, 0.2) is 0 Å². The zero-order valence-electron chi connectivity index (χ0n) is 29.6. The van der Waals surface area contributed by atoms with Gasteiger partial charge in [-0.1, -0.05) is 193 Å². The van der Waals surface area contributed by atoms with Crippen LogP contribution in [0.15, 0.2) is 182 Å². The van der Waals surface area contributed by atoms with E-state index in [1.165, 1.54) is 66.8 Å². The van der Waals surface area contributed by atoms with Crippen molar-refractivity contribution in [2.75, 3.05) is 0 Å². The Morgan fingerprint density at radius 3 is 0.827 bits per heavy atom. The summed E-state index contributed by atoms with van der Waals surface area (Å²) >= 11 is 1.74. The van der Waals surface area contributed by atoms with Gasteiger partial charge in [-0.2, -0.15) is 23.3 Å². The minimum absolute atomic E-state index is 0. The van der Waals surface area contributed by atoms with Crippen molar-refractivity contribution < 1.29 is 23.3 Å². The summed E-state index contributed by atoms with van der Waals surface area (Å²) in [6.45, 7) is 4.62.